The molecule has 2 amide bonds. The average molecular weight is 314 g/mol. The van der Waals surface area contributed by atoms with Crippen molar-refractivity contribution >= 4 is 17.5 Å². The van der Waals surface area contributed by atoms with Crippen molar-refractivity contribution in [2.24, 2.45) is 0 Å². The van der Waals surface area contributed by atoms with Gasteiger partial charge in [-0.3, -0.25) is 9.59 Å². The van der Waals surface area contributed by atoms with Gasteiger partial charge in [0, 0.05) is 12.1 Å². The number of hydrogen-bond acceptors (Lipinski definition) is 4. The number of carbonyl (C=O) groups excluding carboxylic acids is 2. The van der Waals surface area contributed by atoms with Crippen LogP contribution >= 0.6 is 0 Å². The van der Waals surface area contributed by atoms with Gasteiger partial charge >= 0.3 is 0 Å². The zero-order chi connectivity index (χ0) is 16.2. The van der Waals surface area contributed by atoms with Crippen LogP contribution in [0.3, 0.4) is 0 Å². The Bertz CT molecular complexity index is 679. The van der Waals surface area contributed by atoms with Crippen molar-refractivity contribution in [2.75, 3.05) is 12.4 Å². The lowest BCUT2D eigenvalue weighted by molar-refractivity contribution is -0.134. The Labute approximate surface area is 134 Å². The minimum atomic E-state index is -0.477. The summed E-state index contributed by atoms with van der Waals surface area (Å²) in [6.07, 6.45) is 2.45. The molecule has 1 saturated heterocycles. The quantitative estimate of drug-likeness (QED) is 0.920. The summed E-state index contributed by atoms with van der Waals surface area (Å²) in [6, 6.07) is 10.2. The minimum Gasteiger partial charge on any atom is -0.497 e. The third-order valence-electron chi connectivity index (χ3n) is 3.89. The van der Waals surface area contributed by atoms with Gasteiger partial charge in [0.25, 0.3) is 0 Å². The van der Waals surface area contributed by atoms with E-state index >= 15 is 0 Å². The normalized spacial score (nSPS) is 17.3. The first-order valence-electron chi connectivity index (χ1n) is 7.44. The number of methoxy groups -OCH3 is 1. The first-order chi connectivity index (χ1) is 11.2. The van der Waals surface area contributed by atoms with Gasteiger partial charge in [0.1, 0.15) is 17.6 Å². The molecule has 6 heteroatoms. The smallest absolute Gasteiger partial charge is 0.247 e. The Morgan fingerprint density at radius 3 is 2.78 bits per heavy atom. The average Bonchev–Trinajstić information content (AvgIpc) is 3.19. The van der Waals surface area contributed by atoms with Crippen LogP contribution in [0.4, 0.5) is 5.69 Å². The molecule has 0 spiro atoms. The second-order valence-corrected chi connectivity index (χ2v) is 5.37. The third-order valence-corrected chi connectivity index (χ3v) is 3.89. The van der Waals surface area contributed by atoms with Gasteiger partial charge in [0.2, 0.25) is 11.8 Å². The number of furan rings is 1. The summed E-state index contributed by atoms with van der Waals surface area (Å²) in [5.74, 6) is 1.17. The summed E-state index contributed by atoms with van der Waals surface area (Å²) in [4.78, 5) is 26.1. The Balaban J connectivity index is 1.68. The van der Waals surface area contributed by atoms with E-state index in [1.165, 1.54) is 0 Å². The van der Waals surface area contributed by atoms with Crippen LogP contribution in [0.5, 0.6) is 5.75 Å². The predicted molar refractivity (Wildman–Crippen MR) is 83.9 cm³/mol. The van der Waals surface area contributed by atoms with E-state index in [9.17, 15) is 9.59 Å². The molecule has 23 heavy (non-hydrogen) atoms. The van der Waals surface area contributed by atoms with Gasteiger partial charge < -0.3 is 19.4 Å². The van der Waals surface area contributed by atoms with Crippen molar-refractivity contribution in [3.8, 4) is 5.75 Å². The molecule has 0 aliphatic carbocycles. The maximum Gasteiger partial charge on any atom is 0.247 e. The summed E-state index contributed by atoms with van der Waals surface area (Å²) < 4.78 is 10.4. The topological polar surface area (TPSA) is 71.8 Å². The van der Waals surface area contributed by atoms with Gasteiger partial charge in [-0.1, -0.05) is 0 Å². The number of hydrogen-bond donors (Lipinski definition) is 1. The van der Waals surface area contributed by atoms with Crippen LogP contribution in [-0.2, 0) is 16.1 Å². The molecular formula is C17H18N2O4. The van der Waals surface area contributed by atoms with Gasteiger partial charge in [0.05, 0.1) is 19.9 Å². The molecule has 1 fully saturated rings. The monoisotopic (exact) mass is 314 g/mol. The number of ether oxygens (including phenoxy) is 1. The lowest BCUT2D eigenvalue weighted by Crippen LogP contribution is -2.41. The standard InChI is InChI=1S/C17H18N2O4/c1-22-13-6-4-12(5-7-13)18-17(21)15-8-9-16(20)19(15)11-14-3-2-10-23-14/h2-7,10,15H,8-9,11H2,1H3,(H,18,21)/t15-/m1/s1. The molecule has 0 saturated carbocycles. The molecule has 1 aromatic heterocycles. The largest absolute Gasteiger partial charge is 0.497 e. The molecule has 2 aromatic rings. The van der Waals surface area contributed by atoms with E-state index in [1.54, 1.807) is 54.7 Å². The van der Waals surface area contributed by atoms with Crippen molar-refractivity contribution in [2.45, 2.75) is 25.4 Å². The SMILES string of the molecule is COc1ccc(NC(=O)[C@H]2CCC(=O)N2Cc2ccco2)cc1. The fraction of sp³-hybridized carbons (Fsp3) is 0.294. The number of likely N-dealkylation sites (tertiary alicyclic amines) is 1. The summed E-state index contributed by atoms with van der Waals surface area (Å²) in [6.45, 7) is 0.312. The van der Waals surface area contributed by atoms with Crippen LogP contribution in [0.15, 0.2) is 47.1 Å². The number of nitrogens with zero attached hydrogens (tertiary/aromatic N) is 1. The third kappa shape index (κ3) is 3.36. The second-order valence-electron chi connectivity index (χ2n) is 5.37. The number of nitrogens with one attached hydrogen (secondary N) is 1. The lowest BCUT2D eigenvalue weighted by atomic mass is 10.2. The zero-order valence-electron chi connectivity index (χ0n) is 12.8. The first-order valence-corrected chi connectivity index (χ1v) is 7.44. The fourth-order valence-corrected chi connectivity index (χ4v) is 2.67. The van der Waals surface area contributed by atoms with Gasteiger partial charge in [-0.2, -0.15) is 0 Å². The van der Waals surface area contributed by atoms with Crippen LogP contribution in [0.25, 0.3) is 0 Å². The van der Waals surface area contributed by atoms with Crippen molar-refractivity contribution in [1.82, 2.24) is 4.90 Å². The second kappa shape index (κ2) is 6.56. The van der Waals surface area contributed by atoms with Crippen LogP contribution < -0.4 is 10.1 Å². The highest BCUT2D eigenvalue weighted by Crippen LogP contribution is 2.23. The van der Waals surface area contributed by atoms with E-state index in [0.717, 1.165) is 5.75 Å². The zero-order valence-corrected chi connectivity index (χ0v) is 12.8. The van der Waals surface area contributed by atoms with Crippen LogP contribution in [-0.4, -0.2) is 29.9 Å². The summed E-state index contributed by atoms with van der Waals surface area (Å²) in [5.41, 5.74) is 0.674. The van der Waals surface area contributed by atoms with Crippen molar-refractivity contribution in [3.05, 3.63) is 48.4 Å². The number of amides is 2. The molecule has 0 unspecified atom stereocenters. The molecule has 1 N–H and O–H groups in total. The highest BCUT2D eigenvalue weighted by molar-refractivity contribution is 5.99. The van der Waals surface area contributed by atoms with Crippen molar-refractivity contribution < 1.29 is 18.7 Å². The van der Waals surface area contributed by atoms with E-state index in [2.05, 4.69) is 5.32 Å². The number of carbonyl (C=O) groups is 2. The van der Waals surface area contributed by atoms with Crippen LogP contribution in [0.1, 0.15) is 18.6 Å². The molecule has 0 radical (unpaired) electrons. The molecule has 1 aliphatic heterocycles. The first kappa shape index (κ1) is 15.1. The minimum absolute atomic E-state index is 0.0312. The molecule has 1 atom stereocenters. The molecule has 120 valence electrons. The van der Waals surface area contributed by atoms with E-state index in [4.69, 9.17) is 9.15 Å². The number of benzene rings is 1. The van der Waals surface area contributed by atoms with Gasteiger partial charge in [-0.25, -0.2) is 0 Å². The van der Waals surface area contributed by atoms with E-state index in [1.807, 2.05) is 0 Å². The maximum absolute atomic E-state index is 12.5. The molecule has 1 aliphatic rings. The number of anilines is 1. The fourth-order valence-electron chi connectivity index (χ4n) is 2.67. The molecule has 3 rings (SSSR count). The summed E-state index contributed by atoms with van der Waals surface area (Å²) >= 11 is 0. The Morgan fingerprint density at radius 2 is 2.13 bits per heavy atom. The Morgan fingerprint density at radius 1 is 1.35 bits per heavy atom. The highest BCUT2D eigenvalue weighted by atomic mass is 16.5. The number of rotatable bonds is 5. The Kier molecular flexibility index (Phi) is 4.32. The predicted octanol–water partition coefficient (Wildman–Crippen LogP) is 2.42. The van der Waals surface area contributed by atoms with Gasteiger partial charge in [-0.05, 0) is 42.8 Å². The lowest BCUT2D eigenvalue weighted by Gasteiger charge is -2.23. The summed E-state index contributed by atoms with van der Waals surface area (Å²) in [5, 5.41) is 2.85. The molecule has 2 heterocycles. The highest BCUT2D eigenvalue weighted by Gasteiger charge is 2.36. The van der Waals surface area contributed by atoms with Crippen molar-refractivity contribution in [3.63, 3.8) is 0 Å². The van der Waals surface area contributed by atoms with Gasteiger partial charge in [-0.15, -0.1) is 0 Å². The molecule has 1 aromatic carbocycles. The van der Waals surface area contributed by atoms with Crippen LogP contribution in [0.2, 0.25) is 0 Å². The van der Waals surface area contributed by atoms with E-state index in [-0.39, 0.29) is 11.8 Å². The molecular weight excluding hydrogens is 296 g/mol. The van der Waals surface area contributed by atoms with E-state index < -0.39 is 6.04 Å². The Hall–Kier alpha value is -2.76. The summed E-state index contributed by atoms with van der Waals surface area (Å²) in [7, 11) is 1.59. The van der Waals surface area contributed by atoms with Crippen molar-refractivity contribution in [1.29, 1.82) is 0 Å². The van der Waals surface area contributed by atoms with E-state index in [0.29, 0.717) is 30.8 Å². The molecule has 6 nitrogen and oxygen atoms in total. The van der Waals surface area contributed by atoms with Crippen LogP contribution in [0, 0.1) is 0 Å². The maximum atomic E-state index is 12.5. The van der Waals surface area contributed by atoms with Gasteiger partial charge in [0.15, 0.2) is 0 Å². The molecule has 0 bridgehead atoms.